The Labute approximate surface area is 139 Å². The molecular formula is C18H29N3O2. The zero-order valence-electron chi connectivity index (χ0n) is 14.7. The Hall–Kier alpha value is -1.91. The largest absolute Gasteiger partial charge is 0.497 e. The van der Waals surface area contributed by atoms with Crippen molar-refractivity contribution in [3.05, 3.63) is 18.2 Å². The van der Waals surface area contributed by atoms with Gasteiger partial charge in [0, 0.05) is 12.6 Å². The van der Waals surface area contributed by atoms with Crippen molar-refractivity contribution in [2.75, 3.05) is 26.1 Å². The van der Waals surface area contributed by atoms with E-state index in [0.29, 0.717) is 23.0 Å². The minimum atomic E-state index is 0.418. The molecule has 23 heavy (non-hydrogen) atoms. The number of nitrogens with one attached hydrogen (secondary N) is 1. The molecule has 0 amide bonds. The van der Waals surface area contributed by atoms with Crippen LogP contribution < -0.4 is 20.5 Å². The van der Waals surface area contributed by atoms with E-state index < -0.39 is 0 Å². The number of rotatable bonds is 5. The first-order chi connectivity index (χ1) is 10.9. The summed E-state index contributed by atoms with van der Waals surface area (Å²) in [6.07, 6.45) is 4.99. The molecule has 3 N–H and O–H groups in total. The summed E-state index contributed by atoms with van der Waals surface area (Å²) in [6.45, 7) is 5.47. The van der Waals surface area contributed by atoms with Crippen LogP contribution >= 0.6 is 0 Å². The smallest absolute Gasteiger partial charge is 0.193 e. The Morgan fingerprint density at radius 1 is 1.26 bits per heavy atom. The normalized spacial score (nSPS) is 18.5. The van der Waals surface area contributed by atoms with Gasteiger partial charge in [-0.1, -0.05) is 13.8 Å². The number of hydrogen-bond donors (Lipinski definition) is 2. The number of guanidine groups is 1. The molecule has 5 heteroatoms. The SMILES string of the molecule is COc1ccc(OC)c(NC(N)=NCC2CCC(C)(C)CC2)c1. The van der Waals surface area contributed by atoms with Gasteiger partial charge in [-0.05, 0) is 49.1 Å². The maximum Gasteiger partial charge on any atom is 0.193 e. The molecule has 0 radical (unpaired) electrons. The van der Waals surface area contributed by atoms with Gasteiger partial charge in [-0.3, -0.25) is 4.99 Å². The van der Waals surface area contributed by atoms with Crippen LogP contribution in [0.2, 0.25) is 0 Å². The highest BCUT2D eigenvalue weighted by Gasteiger charge is 2.26. The van der Waals surface area contributed by atoms with E-state index in [1.54, 1.807) is 14.2 Å². The lowest BCUT2D eigenvalue weighted by Crippen LogP contribution is -2.26. The van der Waals surface area contributed by atoms with Crippen molar-refractivity contribution in [1.82, 2.24) is 0 Å². The fourth-order valence-electron chi connectivity index (χ4n) is 2.96. The monoisotopic (exact) mass is 319 g/mol. The molecule has 1 fully saturated rings. The summed E-state index contributed by atoms with van der Waals surface area (Å²) >= 11 is 0. The van der Waals surface area contributed by atoms with Gasteiger partial charge in [0.05, 0.1) is 19.9 Å². The van der Waals surface area contributed by atoms with Crippen molar-refractivity contribution >= 4 is 11.6 Å². The molecule has 0 aromatic heterocycles. The predicted octanol–water partition coefficient (Wildman–Crippen LogP) is 3.65. The number of anilines is 1. The zero-order chi connectivity index (χ0) is 16.9. The maximum absolute atomic E-state index is 6.03. The Bertz CT molecular complexity index is 545. The van der Waals surface area contributed by atoms with E-state index in [2.05, 4.69) is 24.2 Å². The quantitative estimate of drug-likeness (QED) is 0.642. The Balaban J connectivity index is 1.95. The molecule has 0 unspecified atom stereocenters. The topological polar surface area (TPSA) is 68.9 Å². The molecule has 0 heterocycles. The van der Waals surface area contributed by atoms with E-state index in [9.17, 15) is 0 Å². The van der Waals surface area contributed by atoms with Crippen molar-refractivity contribution in [3.63, 3.8) is 0 Å². The Kier molecular flexibility index (Phi) is 5.74. The number of benzene rings is 1. The summed E-state index contributed by atoms with van der Waals surface area (Å²) in [5, 5.41) is 3.11. The van der Waals surface area contributed by atoms with E-state index in [-0.39, 0.29) is 0 Å². The molecule has 2 rings (SSSR count). The molecule has 0 spiro atoms. The summed E-state index contributed by atoms with van der Waals surface area (Å²) in [6, 6.07) is 5.54. The van der Waals surface area contributed by atoms with Crippen LogP contribution in [-0.4, -0.2) is 26.7 Å². The molecule has 1 aromatic carbocycles. The van der Waals surface area contributed by atoms with Gasteiger partial charge in [0.25, 0.3) is 0 Å². The first-order valence-corrected chi connectivity index (χ1v) is 8.22. The third-order valence-corrected chi connectivity index (χ3v) is 4.65. The average Bonchev–Trinajstić information content (AvgIpc) is 2.53. The third-order valence-electron chi connectivity index (χ3n) is 4.65. The predicted molar refractivity (Wildman–Crippen MR) is 95.4 cm³/mol. The first kappa shape index (κ1) is 17.4. The number of nitrogens with zero attached hydrogens (tertiary/aromatic N) is 1. The van der Waals surface area contributed by atoms with Gasteiger partial charge in [-0.25, -0.2) is 0 Å². The van der Waals surface area contributed by atoms with Crippen LogP contribution in [0.25, 0.3) is 0 Å². The van der Waals surface area contributed by atoms with Crippen LogP contribution in [0.3, 0.4) is 0 Å². The molecule has 0 atom stereocenters. The summed E-state index contributed by atoms with van der Waals surface area (Å²) in [4.78, 5) is 4.51. The fraction of sp³-hybridized carbons (Fsp3) is 0.611. The molecule has 0 saturated heterocycles. The van der Waals surface area contributed by atoms with Crippen LogP contribution in [-0.2, 0) is 0 Å². The number of nitrogens with two attached hydrogens (primary N) is 1. The van der Waals surface area contributed by atoms with Gasteiger partial charge >= 0.3 is 0 Å². The zero-order valence-corrected chi connectivity index (χ0v) is 14.7. The van der Waals surface area contributed by atoms with Crippen LogP contribution in [0.4, 0.5) is 5.69 Å². The van der Waals surface area contributed by atoms with E-state index in [1.807, 2.05) is 18.2 Å². The highest BCUT2D eigenvalue weighted by atomic mass is 16.5. The van der Waals surface area contributed by atoms with Gasteiger partial charge < -0.3 is 20.5 Å². The Morgan fingerprint density at radius 2 is 1.96 bits per heavy atom. The lowest BCUT2D eigenvalue weighted by molar-refractivity contribution is 0.195. The molecule has 0 aliphatic heterocycles. The summed E-state index contributed by atoms with van der Waals surface area (Å²) < 4.78 is 10.6. The lowest BCUT2D eigenvalue weighted by atomic mass is 9.73. The third kappa shape index (κ3) is 5.05. The molecule has 128 valence electrons. The molecule has 1 aliphatic rings. The summed E-state index contributed by atoms with van der Waals surface area (Å²) in [7, 11) is 3.26. The van der Waals surface area contributed by atoms with Crippen molar-refractivity contribution in [1.29, 1.82) is 0 Å². The van der Waals surface area contributed by atoms with Crippen LogP contribution in [0.5, 0.6) is 11.5 Å². The molecule has 5 nitrogen and oxygen atoms in total. The van der Waals surface area contributed by atoms with Gasteiger partial charge in [0.15, 0.2) is 5.96 Å². The van der Waals surface area contributed by atoms with Crippen molar-refractivity contribution in [2.24, 2.45) is 22.1 Å². The van der Waals surface area contributed by atoms with Crippen LogP contribution in [0.15, 0.2) is 23.2 Å². The van der Waals surface area contributed by atoms with E-state index in [1.165, 1.54) is 25.7 Å². The standard InChI is InChI=1S/C18H29N3O2/c1-18(2)9-7-13(8-10-18)12-20-17(19)21-15-11-14(22-3)5-6-16(15)23-4/h5-6,11,13H,7-10,12H2,1-4H3,(H3,19,20,21). The van der Waals surface area contributed by atoms with Crippen molar-refractivity contribution in [3.8, 4) is 11.5 Å². The Morgan fingerprint density at radius 3 is 2.57 bits per heavy atom. The van der Waals surface area contributed by atoms with E-state index >= 15 is 0 Å². The second kappa shape index (κ2) is 7.57. The second-order valence-electron chi connectivity index (χ2n) is 7.02. The molecular weight excluding hydrogens is 290 g/mol. The van der Waals surface area contributed by atoms with E-state index in [4.69, 9.17) is 15.2 Å². The molecule has 1 aromatic rings. The summed E-state index contributed by atoms with van der Waals surface area (Å²) in [5.74, 6) is 2.51. The minimum Gasteiger partial charge on any atom is -0.497 e. The van der Waals surface area contributed by atoms with Gasteiger partial charge in [0.1, 0.15) is 11.5 Å². The minimum absolute atomic E-state index is 0.418. The number of aliphatic imine (C=N–C) groups is 1. The van der Waals surface area contributed by atoms with E-state index in [0.717, 1.165) is 18.0 Å². The number of methoxy groups -OCH3 is 2. The first-order valence-electron chi connectivity index (χ1n) is 8.22. The highest BCUT2D eigenvalue weighted by Crippen LogP contribution is 2.38. The maximum atomic E-state index is 6.03. The molecule has 0 bridgehead atoms. The second-order valence-corrected chi connectivity index (χ2v) is 7.02. The number of hydrogen-bond acceptors (Lipinski definition) is 3. The van der Waals surface area contributed by atoms with Gasteiger partial charge in [0.2, 0.25) is 0 Å². The van der Waals surface area contributed by atoms with Crippen LogP contribution in [0, 0.1) is 11.3 Å². The average molecular weight is 319 g/mol. The molecule has 1 aliphatic carbocycles. The van der Waals surface area contributed by atoms with Gasteiger partial charge in [-0.15, -0.1) is 0 Å². The van der Waals surface area contributed by atoms with Crippen molar-refractivity contribution < 1.29 is 9.47 Å². The lowest BCUT2D eigenvalue weighted by Gasteiger charge is -2.33. The van der Waals surface area contributed by atoms with Crippen LogP contribution in [0.1, 0.15) is 39.5 Å². The summed E-state index contributed by atoms with van der Waals surface area (Å²) in [5.41, 5.74) is 7.28. The highest BCUT2D eigenvalue weighted by molar-refractivity contribution is 5.94. The van der Waals surface area contributed by atoms with Crippen molar-refractivity contribution in [2.45, 2.75) is 39.5 Å². The fourth-order valence-corrected chi connectivity index (χ4v) is 2.96. The molecule has 1 saturated carbocycles. The number of ether oxygens (including phenoxy) is 2. The van der Waals surface area contributed by atoms with Gasteiger partial charge in [-0.2, -0.15) is 0 Å².